The highest BCUT2D eigenvalue weighted by Gasteiger charge is 2.39. The van der Waals surface area contributed by atoms with Crippen LogP contribution in [0.15, 0.2) is 29.2 Å². The average Bonchev–Trinajstić information content (AvgIpc) is 2.81. The number of hydrogen-bond acceptors (Lipinski definition) is 5. The van der Waals surface area contributed by atoms with Crippen LogP contribution in [-0.4, -0.2) is 57.2 Å². The largest absolute Gasteiger partial charge is 0.346 e. The number of sulfone groups is 1. The Hall–Kier alpha value is -1.45. The van der Waals surface area contributed by atoms with Gasteiger partial charge in [-0.2, -0.15) is 4.31 Å². The van der Waals surface area contributed by atoms with Crippen molar-refractivity contribution in [3.63, 3.8) is 0 Å². The highest BCUT2D eigenvalue weighted by atomic mass is 32.2. The van der Waals surface area contributed by atoms with E-state index in [1.807, 2.05) is 0 Å². The van der Waals surface area contributed by atoms with Gasteiger partial charge in [0.2, 0.25) is 10.0 Å². The van der Waals surface area contributed by atoms with Crippen molar-refractivity contribution in [3.05, 3.63) is 29.8 Å². The molecule has 1 aromatic rings. The lowest BCUT2D eigenvalue weighted by molar-refractivity contribution is 0.0915. The first kappa shape index (κ1) is 20.3. The maximum atomic E-state index is 12.8. The Balaban J connectivity index is 1.72. The van der Waals surface area contributed by atoms with E-state index in [9.17, 15) is 21.6 Å². The quantitative estimate of drug-likeness (QED) is 0.806. The highest BCUT2D eigenvalue weighted by Crippen LogP contribution is 2.24. The molecule has 1 amide bonds. The summed E-state index contributed by atoms with van der Waals surface area (Å²) in [4.78, 5) is 12.6. The summed E-state index contributed by atoms with van der Waals surface area (Å²) in [5, 5.41) is 2.78. The summed E-state index contributed by atoms with van der Waals surface area (Å²) in [6.45, 7) is 2.77. The molecule has 2 fully saturated rings. The summed E-state index contributed by atoms with van der Waals surface area (Å²) >= 11 is 0. The molecule has 7 nitrogen and oxygen atoms in total. The van der Waals surface area contributed by atoms with Gasteiger partial charge in [0.05, 0.1) is 21.9 Å². The second-order valence-corrected chi connectivity index (χ2v) is 11.8. The van der Waals surface area contributed by atoms with E-state index in [0.717, 1.165) is 25.7 Å². The second kappa shape index (κ2) is 7.52. The summed E-state index contributed by atoms with van der Waals surface area (Å²) < 4.78 is 50.4. The van der Waals surface area contributed by atoms with Gasteiger partial charge in [-0.25, -0.2) is 16.8 Å². The number of nitrogens with zero attached hydrogens (tertiary/aromatic N) is 1. The molecule has 1 N–H and O–H groups in total. The molecule has 0 radical (unpaired) electrons. The maximum absolute atomic E-state index is 12.8. The third kappa shape index (κ3) is 4.70. The lowest BCUT2D eigenvalue weighted by atomic mass is 10.0. The molecule has 150 valence electrons. The van der Waals surface area contributed by atoms with E-state index >= 15 is 0 Å². The molecule has 0 spiro atoms. The molecule has 1 aromatic carbocycles. The smallest absolute Gasteiger partial charge is 0.251 e. The third-order valence-corrected chi connectivity index (χ3v) is 9.05. The molecule has 2 saturated heterocycles. The van der Waals surface area contributed by atoms with Crippen molar-refractivity contribution >= 4 is 25.8 Å². The molecule has 0 unspecified atom stereocenters. The summed E-state index contributed by atoms with van der Waals surface area (Å²) in [7, 11) is -6.68. The summed E-state index contributed by atoms with van der Waals surface area (Å²) in [5.41, 5.74) is -0.470. The zero-order valence-corrected chi connectivity index (χ0v) is 17.1. The van der Waals surface area contributed by atoms with Crippen LogP contribution in [0.25, 0.3) is 0 Å². The van der Waals surface area contributed by atoms with E-state index in [4.69, 9.17) is 0 Å². The van der Waals surface area contributed by atoms with Crippen molar-refractivity contribution in [2.24, 2.45) is 0 Å². The molecule has 0 bridgehead atoms. The zero-order valence-electron chi connectivity index (χ0n) is 15.5. The normalized spacial score (nSPS) is 26.4. The van der Waals surface area contributed by atoms with Crippen molar-refractivity contribution in [2.75, 3.05) is 24.6 Å². The van der Waals surface area contributed by atoms with Gasteiger partial charge in [0, 0.05) is 18.7 Å². The van der Waals surface area contributed by atoms with Gasteiger partial charge in [0.25, 0.3) is 5.91 Å². The minimum absolute atomic E-state index is 0.0663. The topological polar surface area (TPSA) is 101 Å². The van der Waals surface area contributed by atoms with E-state index in [1.54, 1.807) is 6.92 Å². The Morgan fingerprint density at radius 2 is 1.67 bits per heavy atom. The minimum atomic E-state index is -3.56. The van der Waals surface area contributed by atoms with Crippen LogP contribution in [0.4, 0.5) is 0 Å². The van der Waals surface area contributed by atoms with Crippen molar-refractivity contribution in [1.29, 1.82) is 0 Å². The Kier molecular flexibility index (Phi) is 5.65. The van der Waals surface area contributed by atoms with Crippen LogP contribution in [0.2, 0.25) is 0 Å². The molecule has 2 heterocycles. The Labute approximate surface area is 161 Å². The molecule has 1 atom stereocenters. The first-order valence-electron chi connectivity index (χ1n) is 9.25. The molecule has 0 aliphatic carbocycles. The Morgan fingerprint density at radius 1 is 1.07 bits per heavy atom. The monoisotopic (exact) mass is 414 g/mol. The van der Waals surface area contributed by atoms with Crippen LogP contribution in [-0.2, 0) is 19.9 Å². The second-order valence-electron chi connectivity index (χ2n) is 7.70. The number of hydrogen-bond donors (Lipinski definition) is 1. The van der Waals surface area contributed by atoms with Crippen molar-refractivity contribution in [1.82, 2.24) is 9.62 Å². The van der Waals surface area contributed by atoms with Crippen LogP contribution in [0, 0.1) is 0 Å². The SMILES string of the molecule is C[C@]1(NC(=O)c2ccc(S(=O)(=O)N3CCCCCC3)cc2)CCS(=O)(=O)C1. The number of sulfonamides is 1. The minimum Gasteiger partial charge on any atom is -0.346 e. The molecule has 0 saturated carbocycles. The molecule has 2 aliphatic heterocycles. The average molecular weight is 415 g/mol. The number of benzene rings is 1. The van der Waals surface area contributed by atoms with Crippen molar-refractivity contribution < 1.29 is 21.6 Å². The fraction of sp³-hybridized carbons (Fsp3) is 0.611. The summed E-state index contributed by atoms with van der Waals surface area (Å²) in [5.74, 6) is -0.405. The fourth-order valence-corrected chi connectivity index (χ4v) is 7.27. The number of nitrogens with one attached hydrogen (secondary N) is 1. The molecule has 27 heavy (non-hydrogen) atoms. The summed E-state index contributed by atoms with van der Waals surface area (Å²) in [6.07, 6.45) is 4.18. The van der Waals surface area contributed by atoms with Gasteiger partial charge >= 0.3 is 0 Å². The lowest BCUT2D eigenvalue weighted by Gasteiger charge is -2.24. The highest BCUT2D eigenvalue weighted by molar-refractivity contribution is 7.91. The first-order valence-corrected chi connectivity index (χ1v) is 12.5. The third-order valence-electron chi connectivity index (χ3n) is 5.24. The first-order chi connectivity index (χ1) is 12.6. The van der Waals surface area contributed by atoms with Gasteiger partial charge in [-0.3, -0.25) is 4.79 Å². The Bertz CT molecular complexity index is 902. The van der Waals surface area contributed by atoms with Gasteiger partial charge in [0.1, 0.15) is 0 Å². The lowest BCUT2D eigenvalue weighted by Crippen LogP contribution is -2.46. The molecule has 3 rings (SSSR count). The van der Waals surface area contributed by atoms with Gasteiger partial charge in [0.15, 0.2) is 9.84 Å². The number of rotatable bonds is 4. The van der Waals surface area contributed by atoms with Crippen LogP contribution >= 0.6 is 0 Å². The van der Waals surface area contributed by atoms with Gasteiger partial charge in [-0.15, -0.1) is 0 Å². The van der Waals surface area contributed by atoms with Gasteiger partial charge in [-0.1, -0.05) is 12.8 Å². The van der Waals surface area contributed by atoms with Crippen LogP contribution in [0.5, 0.6) is 0 Å². The van der Waals surface area contributed by atoms with Gasteiger partial charge in [-0.05, 0) is 50.5 Å². The van der Waals surface area contributed by atoms with Crippen molar-refractivity contribution in [3.8, 4) is 0 Å². The molecular formula is C18H26N2O5S2. The number of amides is 1. The van der Waals surface area contributed by atoms with E-state index in [2.05, 4.69) is 5.32 Å². The number of carbonyl (C=O) groups is 1. The number of carbonyl (C=O) groups excluding carboxylic acids is 1. The maximum Gasteiger partial charge on any atom is 0.251 e. The van der Waals surface area contributed by atoms with E-state index in [0.29, 0.717) is 25.1 Å². The van der Waals surface area contributed by atoms with Gasteiger partial charge < -0.3 is 5.32 Å². The van der Waals surface area contributed by atoms with Crippen molar-refractivity contribution in [2.45, 2.75) is 49.5 Å². The van der Waals surface area contributed by atoms with Crippen LogP contribution in [0.3, 0.4) is 0 Å². The fourth-order valence-electron chi connectivity index (χ4n) is 3.66. The van der Waals surface area contributed by atoms with E-state index in [1.165, 1.54) is 28.6 Å². The molecule has 0 aromatic heterocycles. The standard InChI is InChI=1S/C18H26N2O5S2/c1-18(10-13-26(22,23)14-18)19-17(21)15-6-8-16(9-7-15)27(24,25)20-11-4-2-3-5-12-20/h6-9H,2-5,10-14H2,1H3,(H,19,21)/t18-/m0/s1. The van der Waals surface area contributed by atoms with E-state index in [-0.39, 0.29) is 16.4 Å². The molecule has 9 heteroatoms. The molecule has 2 aliphatic rings. The Morgan fingerprint density at radius 3 is 2.19 bits per heavy atom. The van der Waals surface area contributed by atoms with E-state index < -0.39 is 31.3 Å². The predicted octanol–water partition coefficient (Wildman–Crippen LogP) is 1.56. The molecular weight excluding hydrogens is 388 g/mol. The van der Waals surface area contributed by atoms with Crippen LogP contribution in [0.1, 0.15) is 49.4 Å². The zero-order chi connectivity index (χ0) is 19.7. The summed E-state index contributed by atoms with van der Waals surface area (Å²) in [6, 6.07) is 5.85. The van der Waals surface area contributed by atoms with Crippen LogP contribution < -0.4 is 5.32 Å². The predicted molar refractivity (Wildman–Crippen MR) is 103 cm³/mol.